The van der Waals surface area contributed by atoms with Gasteiger partial charge in [-0.3, -0.25) is 14.9 Å². The zero-order valence-corrected chi connectivity index (χ0v) is 11.1. The molecule has 0 aliphatic carbocycles. The van der Waals surface area contributed by atoms with Crippen molar-refractivity contribution < 1.29 is 19.2 Å². The monoisotopic (exact) mass is 298 g/mol. The van der Waals surface area contributed by atoms with Crippen LogP contribution in [-0.2, 0) is 4.79 Å². The van der Waals surface area contributed by atoms with Gasteiger partial charge < -0.3 is 14.8 Å². The van der Waals surface area contributed by atoms with Gasteiger partial charge in [0.15, 0.2) is 11.5 Å². The van der Waals surface area contributed by atoms with Crippen LogP contribution in [0.25, 0.3) is 0 Å². The van der Waals surface area contributed by atoms with Crippen LogP contribution in [0.1, 0.15) is 24.4 Å². The number of amides is 1. The van der Waals surface area contributed by atoms with E-state index in [0.29, 0.717) is 22.1 Å². The van der Waals surface area contributed by atoms with Crippen molar-refractivity contribution >= 4 is 17.5 Å². The fourth-order valence-electron chi connectivity index (χ4n) is 2.47. The highest BCUT2D eigenvalue weighted by atomic mass is 35.5. The molecule has 2 heterocycles. The van der Waals surface area contributed by atoms with Crippen molar-refractivity contribution in [3.8, 4) is 11.5 Å². The molecule has 2 aliphatic heterocycles. The number of nitrogens with one attached hydrogen (secondary N) is 1. The van der Waals surface area contributed by atoms with Crippen LogP contribution < -0.4 is 14.8 Å². The van der Waals surface area contributed by atoms with Crippen molar-refractivity contribution in [2.24, 2.45) is 0 Å². The summed E-state index contributed by atoms with van der Waals surface area (Å²) >= 11 is 6.15. The van der Waals surface area contributed by atoms with Crippen molar-refractivity contribution in [2.75, 3.05) is 6.79 Å². The van der Waals surface area contributed by atoms with Crippen LogP contribution in [0.3, 0.4) is 0 Å². The number of hydrogen-bond donors (Lipinski definition) is 1. The van der Waals surface area contributed by atoms with Crippen LogP contribution in [0.4, 0.5) is 0 Å². The summed E-state index contributed by atoms with van der Waals surface area (Å²) < 4.78 is 10.4. The second-order valence-electron chi connectivity index (χ2n) is 4.66. The van der Waals surface area contributed by atoms with Crippen LogP contribution in [-0.4, -0.2) is 23.7 Å². The molecule has 1 aromatic rings. The molecule has 1 N–H and O–H groups in total. The number of piperidine rings is 1. The minimum atomic E-state index is -0.898. The third kappa shape index (κ3) is 2.14. The van der Waals surface area contributed by atoms with E-state index in [1.165, 1.54) is 0 Å². The Balaban J connectivity index is 2.01. The molecule has 7 nitrogen and oxygen atoms in total. The highest BCUT2D eigenvalue weighted by Crippen LogP contribution is 2.40. The normalized spacial score (nSPS) is 24.4. The largest absolute Gasteiger partial charge is 0.454 e. The summed E-state index contributed by atoms with van der Waals surface area (Å²) in [4.78, 5) is 22.3. The maximum atomic E-state index is 11.5. The van der Waals surface area contributed by atoms with Gasteiger partial charge in [0.2, 0.25) is 18.7 Å². The minimum absolute atomic E-state index is 0.0881. The summed E-state index contributed by atoms with van der Waals surface area (Å²) in [6.07, 6.45) is 0.332. The summed E-state index contributed by atoms with van der Waals surface area (Å²) in [5.74, 6) is 0.756. The van der Waals surface area contributed by atoms with Crippen LogP contribution >= 0.6 is 11.6 Å². The zero-order chi connectivity index (χ0) is 14.3. The Kier molecular flexibility index (Phi) is 3.13. The van der Waals surface area contributed by atoms with Crippen molar-refractivity contribution in [3.05, 3.63) is 32.8 Å². The van der Waals surface area contributed by atoms with Crippen LogP contribution in [0.2, 0.25) is 5.02 Å². The van der Waals surface area contributed by atoms with Crippen molar-refractivity contribution in [1.29, 1.82) is 0 Å². The molecule has 8 heteroatoms. The molecule has 20 heavy (non-hydrogen) atoms. The van der Waals surface area contributed by atoms with E-state index in [1.807, 2.05) is 0 Å². The standard InChI is InChI=1S/C12H11ClN2O5/c13-7-4-10-9(19-5-20-10)3-6(7)12-8(15(17)18)1-2-11(16)14-12/h3-4,8,12H,1-2,5H2,(H,14,16)/t8-,12-/m0/s1. The first kappa shape index (κ1) is 13.0. The fraction of sp³-hybridized carbons (Fsp3) is 0.417. The molecular formula is C12H11ClN2O5. The molecule has 0 spiro atoms. The lowest BCUT2D eigenvalue weighted by Crippen LogP contribution is -2.45. The highest BCUT2D eigenvalue weighted by molar-refractivity contribution is 6.31. The lowest BCUT2D eigenvalue weighted by atomic mass is 9.92. The number of benzene rings is 1. The molecule has 0 radical (unpaired) electrons. The first-order chi connectivity index (χ1) is 9.56. The van der Waals surface area contributed by atoms with E-state index in [-0.39, 0.29) is 30.5 Å². The predicted molar refractivity (Wildman–Crippen MR) is 68.5 cm³/mol. The molecule has 1 saturated heterocycles. The third-order valence-corrected chi connectivity index (χ3v) is 3.79. The van der Waals surface area contributed by atoms with E-state index >= 15 is 0 Å². The number of nitro groups is 1. The lowest BCUT2D eigenvalue weighted by molar-refractivity contribution is -0.529. The van der Waals surface area contributed by atoms with Gasteiger partial charge in [0, 0.05) is 29.4 Å². The third-order valence-electron chi connectivity index (χ3n) is 3.47. The Hall–Kier alpha value is -2.02. The Morgan fingerprint density at radius 1 is 1.35 bits per heavy atom. The van der Waals surface area contributed by atoms with Gasteiger partial charge in [-0.1, -0.05) is 11.6 Å². The van der Waals surface area contributed by atoms with Crippen molar-refractivity contribution in [2.45, 2.75) is 24.9 Å². The van der Waals surface area contributed by atoms with Gasteiger partial charge in [-0.25, -0.2) is 0 Å². The molecule has 106 valence electrons. The van der Waals surface area contributed by atoms with Crippen molar-refractivity contribution in [1.82, 2.24) is 5.32 Å². The number of nitrogens with zero attached hydrogens (tertiary/aromatic N) is 1. The second-order valence-corrected chi connectivity index (χ2v) is 5.07. The highest BCUT2D eigenvalue weighted by Gasteiger charge is 2.39. The number of rotatable bonds is 2. The first-order valence-electron chi connectivity index (χ1n) is 6.08. The Morgan fingerprint density at radius 2 is 2.05 bits per heavy atom. The van der Waals surface area contributed by atoms with E-state index in [1.54, 1.807) is 12.1 Å². The number of halogens is 1. The number of hydrogen-bond acceptors (Lipinski definition) is 5. The number of ether oxygens (including phenoxy) is 2. The molecule has 3 rings (SSSR count). The molecule has 1 aromatic carbocycles. The van der Waals surface area contributed by atoms with Crippen LogP contribution in [0.5, 0.6) is 11.5 Å². The maximum Gasteiger partial charge on any atom is 0.237 e. The predicted octanol–water partition coefficient (Wildman–Crippen LogP) is 1.67. The molecule has 2 atom stereocenters. The average molecular weight is 299 g/mol. The average Bonchev–Trinajstić information content (AvgIpc) is 2.84. The lowest BCUT2D eigenvalue weighted by Gasteiger charge is -2.27. The topological polar surface area (TPSA) is 90.7 Å². The van der Waals surface area contributed by atoms with E-state index < -0.39 is 12.1 Å². The quantitative estimate of drug-likeness (QED) is 0.662. The summed E-state index contributed by atoms with van der Waals surface area (Å²) in [6.45, 7) is 0.0881. The molecule has 0 aromatic heterocycles. The molecule has 1 amide bonds. The minimum Gasteiger partial charge on any atom is -0.454 e. The molecular weight excluding hydrogens is 288 g/mol. The fourth-order valence-corrected chi connectivity index (χ4v) is 2.74. The molecule has 0 saturated carbocycles. The second kappa shape index (κ2) is 4.82. The molecule has 2 aliphatic rings. The number of fused-ring (bicyclic) bond motifs is 1. The summed E-state index contributed by atoms with van der Waals surface area (Å²) in [7, 11) is 0. The Bertz CT molecular complexity index is 591. The van der Waals surface area contributed by atoms with Crippen molar-refractivity contribution in [3.63, 3.8) is 0 Å². The van der Waals surface area contributed by atoms with Gasteiger partial charge in [0.05, 0.1) is 5.02 Å². The van der Waals surface area contributed by atoms with E-state index in [2.05, 4.69) is 5.32 Å². The summed E-state index contributed by atoms with van der Waals surface area (Å²) in [5.41, 5.74) is 0.477. The zero-order valence-electron chi connectivity index (χ0n) is 10.3. The SMILES string of the molecule is O=C1CC[C@H]([N+](=O)[O-])[C@H](c2cc3c(cc2Cl)OCO3)N1. The first-order valence-corrected chi connectivity index (χ1v) is 6.46. The summed E-state index contributed by atoms with van der Waals surface area (Å²) in [5, 5.41) is 14.1. The Morgan fingerprint density at radius 3 is 2.75 bits per heavy atom. The van der Waals surface area contributed by atoms with Gasteiger partial charge in [-0.05, 0) is 6.07 Å². The van der Waals surface area contributed by atoms with Gasteiger partial charge in [-0.15, -0.1) is 0 Å². The maximum absolute atomic E-state index is 11.5. The molecule has 0 bridgehead atoms. The van der Waals surface area contributed by atoms with Gasteiger partial charge in [0.1, 0.15) is 6.04 Å². The smallest absolute Gasteiger partial charge is 0.237 e. The van der Waals surface area contributed by atoms with E-state index in [0.717, 1.165) is 0 Å². The van der Waals surface area contributed by atoms with Gasteiger partial charge in [0.25, 0.3) is 0 Å². The van der Waals surface area contributed by atoms with E-state index in [4.69, 9.17) is 21.1 Å². The number of carbonyl (C=O) groups is 1. The molecule has 0 unspecified atom stereocenters. The van der Waals surface area contributed by atoms with Crippen LogP contribution in [0.15, 0.2) is 12.1 Å². The summed E-state index contributed by atoms with van der Waals surface area (Å²) in [6, 6.07) is 1.49. The van der Waals surface area contributed by atoms with Crippen LogP contribution in [0, 0.1) is 10.1 Å². The van der Waals surface area contributed by atoms with E-state index in [9.17, 15) is 14.9 Å². The van der Waals surface area contributed by atoms with Gasteiger partial charge >= 0.3 is 0 Å². The molecule has 1 fully saturated rings. The van der Waals surface area contributed by atoms with Gasteiger partial charge in [-0.2, -0.15) is 0 Å². The number of carbonyl (C=O) groups excluding carboxylic acids is 1. The Labute approximate surface area is 119 Å².